The van der Waals surface area contributed by atoms with E-state index in [1.54, 1.807) is 0 Å². The zero-order chi connectivity index (χ0) is 17.6. The minimum absolute atomic E-state index is 0.0535. The molecule has 2 aliphatic rings. The van der Waals surface area contributed by atoms with Gasteiger partial charge in [0.15, 0.2) is 0 Å². The third-order valence-corrected chi connectivity index (χ3v) is 5.94. The van der Waals surface area contributed by atoms with E-state index in [-0.39, 0.29) is 23.2 Å². The zero-order valence-electron chi connectivity index (χ0n) is 15.1. The van der Waals surface area contributed by atoms with E-state index in [0.29, 0.717) is 0 Å². The van der Waals surface area contributed by atoms with Gasteiger partial charge in [0.2, 0.25) is 5.91 Å². The maximum absolute atomic E-state index is 13.3. The Hall–Kier alpha value is -2.42. The van der Waals surface area contributed by atoms with Crippen LogP contribution in [0.15, 0.2) is 59.6 Å². The molecule has 1 saturated carbocycles. The van der Waals surface area contributed by atoms with E-state index in [2.05, 4.69) is 63.2 Å². The summed E-state index contributed by atoms with van der Waals surface area (Å²) in [6, 6.07) is 18.8. The van der Waals surface area contributed by atoms with Gasteiger partial charge in [-0.05, 0) is 38.0 Å². The van der Waals surface area contributed by atoms with E-state index < -0.39 is 0 Å². The lowest BCUT2D eigenvalue weighted by Crippen LogP contribution is -2.35. The third-order valence-electron chi connectivity index (χ3n) is 5.94. The molecule has 1 amide bonds. The molecule has 2 aromatic rings. The largest absolute Gasteiger partial charge is 0.343 e. The SMILES string of the molecule is CCN(CC)C(=O)[C@@H]1[C@@H](c2ccccc2)[C@@]12C(C)=Nc1ccccc12. The van der Waals surface area contributed by atoms with Crippen LogP contribution in [-0.2, 0) is 10.2 Å². The van der Waals surface area contributed by atoms with Crippen molar-refractivity contribution >= 4 is 17.3 Å². The van der Waals surface area contributed by atoms with Crippen LogP contribution in [0, 0.1) is 5.92 Å². The highest BCUT2D eigenvalue weighted by Crippen LogP contribution is 2.70. The zero-order valence-corrected chi connectivity index (χ0v) is 15.1. The predicted octanol–water partition coefficient (Wildman–Crippen LogP) is 4.31. The topological polar surface area (TPSA) is 32.7 Å². The number of benzene rings is 2. The summed E-state index contributed by atoms with van der Waals surface area (Å²) < 4.78 is 0. The van der Waals surface area contributed by atoms with Crippen LogP contribution >= 0.6 is 0 Å². The third kappa shape index (κ3) is 2.11. The van der Waals surface area contributed by atoms with Crippen molar-refractivity contribution in [1.82, 2.24) is 4.90 Å². The molecule has 0 unspecified atom stereocenters. The molecule has 0 N–H and O–H groups in total. The van der Waals surface area contributed by atoms with Crippen molar-refractivity contribution < 1.29 is 4.79 Å². The lowest BCUT2D eigenvalue weighted by Gasteiger charge is -2.20. The number of rotatable bonds is 4. The van der Waals surface area contributed by atoms with Gasteiger partial charge in [0.25, 0.3) is 0 Å². The van der Waals surface area contributed by atoms with E-state index in [1.807, 2.05) is 17.0 Å². The Labute approximate surface area is 149 Å². The quantitative estimate of drug-likeness (QED) is 0.821. The lowest BCUT2D eigenvalue weighted by molar-refractivity contribution is -0.132. The Kier molecular flexibility index (Phi) is 3.75. The van der Waals surface area contributed by atoms with Crippen molar-refractivity contribution in [3.63, 3.8) is 0 Å². The van der Waals surface area contributed by atoms with Gasteiger partial charge >= 0.3 is 0 Å². The fourth-order valence-corrected chi connectivity index (χ4v) is 4.75. The van der Waals surface area contributed by atoms with Crippen molar-refractivity contribution in [2.24, 2.45) is 10.9 Å². The minimum Gasteiger partial charge on any atom is -0.343 e. The molecule has 25 heavy (non-hydrogen) atoms. The molecular weight excluding hydrogens is 308 g/mol. The average Bonchev–Trinajstić information content (AvgIpc) is 3.26. The fraction of sp³-hybridized carbons (Fsp3) is 0.364. The summed E-state index contributed by atoms with van der Waals surface area (Å²) in [5.41, 5.74) is 4.28. The molecule has 2 aromatic carbocycles. The highest BCUT2D eigenvalue weighted by Gasteiger charge is 2.73. The van der Waals surface area contributed by atoms with Gasteiger partial charge in [-0.3, -0.25) is 9.79 Å². The second kappa shape index (κ2) is 5.83. The second-order valence-corrected chi connectivity index (χ2v) is 6.96. The number of amides is 1. The molecule has 1 aliphatic heterocycles. The molecule has 3 atom stereocenters. The lowest BCUT2D eigenvalue weighted by atomic mass is 9.87. The summed E-state index contributed by atoms with van der Waals surface area (Å²) in [6.07, 6.45) is 0. The van der Waals surface area contributed by atoms with Crippen molar-refractivity contribution in [2.75, 3.05) is 13.1 Å². The van der Waals surface area contributed by atoms with E-state index in [1.165, 1.54) is 11.1 Å². The highest BCUT2D eigenvalue weighted by atomic mass is 16.2. The molecule has 1 spiro atoms. The predicted molar refractivity (Wildman–Crippen MR) is 101 cm³/mol. The number of nitrogens with zero attached hydrogens (tertiary/aromatic N) is 2. The molecule has 3 nitrogen and oxygen atoms in total. The molecule has 3 heteroatoms. The minimum atomic E-state index is -0.266. The van der Waals surface area contributed by atoms with E-state index in [4.69, 9.17) is 4.99 Å². The number of para-hydroxylation sites is 1. The van der Waals surface area contributed by atoms with Crippen LogP contribution in [-0.4, -0.2) is 29.6 Å². The first-order valence-corrected chi connectivity index (χ1v) is 9.15. The highest BCUT2D eigenvalue weighted by molar-refractivity contribution is 6.10. The van der Waals surface area contributed by atoms with Gasteiger partial charge in [-0.25, -0.2) is 0 Å². The number of hydrogen-bond donors (Lipinski definition) is 0. The monoisotopic (exact) mass is 332 g/mol. The number of carbonyl (C=O) groups is 1. The first kappa shape index (κ1) is 16.1. The van der Waals surface area contributed by atoms with Crippen molar-refractivity contribution in [3.05, 3.63) is 65.7 Å². The van der Waals surface area contributed by atoms with Gasteiger partial charge < -0.3 is 4.90 Å². The Morgan fingerprint density at radius 3 is 2.36 bits per heavy atom. The molecule has 1 aliphatic carbocycles. The fourth-order valence-electron chi connectivity index (χ4n) is 4.75. The molecule has 4 rings (SSSR count). The molecule has 0 aromatic heterocycles. The summed E-state index contributed by atoms with van der Waals surface area (Å²) in [4.78, 5) is 20.1. The van der Waals surface area contributed by atoms with Crippen molar-refractivity contribution in [3.8, 4) is 0 Å². The molecule has 0 saturated heterocycles. The van der Waals surface area contributed by atoms with Crippen LogP contribution in [0.1, 0.15) is 37.8 Å². The molecule has 0 bridgehead atoms. The smallest absolute Gasteiger partial charge is 0.227 e. The Bertz CT molecular complexity index is 838. The number of hydrogen-bond acceptors (Lipinski definition) is 2. The van der Waals surface area contributed by atoms with Crippen LogP contribution in [0.2, 0.25) is 0 Å². The van der Waals surface area contributed by atoms with Gasteiger partial charge in [-0.1, -0.05) is 48.5 Å². The maximum atomic E-state index is 13.3. The number of fused-ring (bicyclic) bond motifs is 2. The molecule has 1 heterocycles. The molecular formula is C22H24N2O. The van der Waals surface area contributed by atoms with E-state index >= 15 is 0 Å². The standard InChI is InChI=1S/C22H24N2O/c1-4-24(5-2)21(25)20-19(16-11-7-6-8-12-16)22(20)15(3)23-18-14-10-9-13-17(18)22/h6-14,19-20H,4-5H2,1-3H3/t19-,20+,22+/m1/s1. The Balaban J connectivity index is 1.85. The average molecular weight is 332 g/mol. The normalized spacial score (nSPS) is 26.3. The Morgan fingerprint density at radius 2 is 1.68 bits per heavy atom. The molecule has 0 radical (unpaired) electrons. The number of carbonyl (C=O) groups excluding carboxylic acids is 1. The van der Waals surface area contributed by atoms with Crippen LogP contribution < -0.4 is 0 Å². The second-order valence-electron chi connectivity index (χ2n) is 6.96. The van der Waals surface area contributed by atoms with Crippen LogP contribution in [0.25, 0.3) is 0 Å². The van der Waals surface area contributed by atoms with E-state index in [0.717, 1.165) is 24.5 Å². The summed E-state index contributed by atoms with van der Waals surface area (Å²) in [6.45, 7) is 7.70. The molecule has 1 fully saturated rings. The van der Waals surface area contributed by atoms with Gasteiger partial charge in [-0.2, -0.15) is 0 Å². The molecule has 128 valence electrons. The van der Waals surface area contributed by atoms with Crippen molar-refractivity contribution in [2.45, 2.75) is 32.1 Å². The summed E-state index contributed by atoms with van der Waals surface area (Å²) in [5.74, 6) is 0.376. The summed E-state index contributed by atoms with van der Waals surface area (Å²) in [7, 11) is 0. The van der Waals surface area contributed by atoms with Crippen molar-refractivity contribution in [1.29, 1.82) is 0 Å². The van der Waals surface area contributed by atoms with Gasteiger partial charge in [-0.15, -0.1) is 0 Å². The summed E-state index contributed by atoms with van der Waals surface area (Å²) >= 11 is 0. The first-order valence-electron chi connectivity index (χ1n) is 9.15. The van der Waals surface area contributed by atoms with Crippen LogP contribution in [0.4, 0.5) is 5.69 Å². The number of aliphatic imine (C=N–C) groups is 1. The first-order chi connectivity index (χ1) is 12.2. The summed E-state index contributed by atoms with van der Waals surface area (Å²) in [5, 5.41) is 0. The van der Waals surface area contributed by atoms with Crippen LogP contribution in [0.5, 0.6) is 0 Å². The van der Waals surface area contributed by atoms with Gasteiger partial charge in [0, 0.05) is 24.7 Å². The van der Waals surface area contributed by atoms with E-state index in [9.17, 15) is 4.79 Å². The Morgan fingerprint density at radius 1 is 1.04 bits per heavy atom. The maximum Gasteiger partial charge on any atom is 0.227 e. The van der Waals surface area contributed by atoms with Gasteiger partial charge in [0.1, 0.15) is 0 Å². The van der Waals surface area contributed by atoms with Crippen LogP contribution in [0.3, 0.4) is 0 Å². The van der Waals surface area contributed by atoms with Gasteiger partial charge in [0.05, 0.1) is 17.0 Å².